The number of anilines is 1. The predicted molar refractivity (Wildman–Crippen MR) is 40.3 cm³/mol. The van der Waals surface area contributed by atoms with E-state index < -0.39 is 6.23 Å². The van der Waals surface area contributed by atoms with Gasteiger partial charge in [0, 0.05) is 7.05 Å². The van der Waals surface area contributed by atoms with Crippen LogP contribution in [0.25, 0.3) is 0 Å². The van der Waals surface area contributed by atoms with Crippen molar-refractivity contribution < 1.29 is 5.11 Å². The second kappa shape index (κ2) is 2.06. The average molecular weight is 152 g/mol. The Morgan fingerprint density at radius 1 is 1.73 bits per heavy atom. The van der Waals surface area contributed by atoms with Gasteiger partial charge in [-0.05, 0) is 0 Å². The molecule has 0 spiro atoms. The van der Waals surface area contributed by atoms with Gasteiger partial charge < -0.3 is 15.0 Å². The highest BCUT2D eigenvalue weighted by Crippen LogP contribution is 2.23. The first kappa shape index (κ1) is 6.36. The van der Waals surface area contributed by atoms with Crippen LogP contribution < -0.4 is 5.32 Å². The first-order valence-corrected chi connectivity index (χ1v) is 3.26. The Kier molecular flexibility index (Phi) is 1.19. The lowest BCUT2D eigenvalue weighted by atomic mass is 10.3. The molecule has 1 atom stereocenters. The number of aryl methyl sites for hydroxylation is 1. The molecule has 0 saturated carbocycles. The van der Waals surface area contributed by atoms with Gasteiger partial charge in [0.1, 0.15) is 11.5 Å². The Morgan fingerprint density at radius 2 is 2.55 bits per heavy atom. The molecule has 2 rings (SSSR count). The molecule has 11 heavy (non-hydrogen) atoms. The molecule has 1 aliphatic rings. The first-order chi connectivity index (χ1) is 5.29. The lowest BCUT2D eigenvalue weighted by molar-refractivity contribution is 0.184. The zero-order valence-corrected chi connectivity index (χ0v) is 6.02. The van der Waals surface area contributed by atoms with Crippen LogP contribution in [0.15, 0.2) is 11.3 Å². The molecule has 5 nitrogen and oxygen atoms in total. The van der Waals surface area contributed by atoms with E-state index in [1.165, 1.54) is 6.34 Å². The number of aromatic nitrogens is 2. The van der Waals surface area contributed by atoms with Gasteiger partial charge in [-0.25, -0.2) is 9.98 Å². The molecule has 0 saturated heterocycles. The molecule has 5 heteroatoms. The molecule has 2 heterocycles. The average Bonchev–Trinajstić information content (AvgIpc) is 2.35. The van der Waals surface area contributed by atoms with Crippen LogP contribution in [-0.2, 0) is 7.05 Å². The van der Waals surface area contributed by atoms with Crippen molar-refractivity contribution in [3.63, 3.8) is 0 Å². The molecule has 0 aromatic carbocycles. The summed E-state index contributed by atoms with van der Waals surface area (Å²) in [6.07, 6.45) is 2.29. The minimum atomic E-state index is -0.813. The fraction of sp³-hybridized carbons (Fsp3) is 0.333. The number of rotatable bonds is 0. The number of nitrogens with one attached hydrogen (secondary N) is 1. The smallest absolute Gasteiger partial charge is 0.193 e. The number of hydrogen-bond donors (Lipinski definition) is 2. The summed E-state index contributed by atoms with van der Waals surface area (Å²) in [5, 5.41) is 12.2. The van der Waals surface area contributed by atoms with Crippen molar-refractivity contribution in [1.29, 1.82) is 0 Å². The van der Waals surface area contributed by atoms with Gasteiger partial charge in [0.15, 0.2) is 6.23 Å². The minimum Gasteiger partial charge on any atom is -0.366 e. The molecule has 58 valence electrons. The molecule has 0 bridgehead atoms. The molecule has 0 radical (unpaired) electrons. The van der Waals surface area contributed by atoms with Crippen molar-refractivity contribution in [2.24, 2.45) is 12.0 Å². The van der Waals surface area contributed by atoms with Crippen LogP contribution in [0.5, 0.6) is 0 Å². The van der Waals surface area contributed by atoms with Crippen LogP contribution in [0.1, 0.15) is 11.9 Å². The van der Waals surface area contributed by atoms with E-state index in [-0.39, 0.29) is 0 Å². The fourth-order valence-corrected chi connectivity index (χ4v) is 1.05. The van der Waals surface area contributed by atoms with E-state index in [4.69, 9.17) is 0 Å². The van der Waals surface area contributed by atoms with Crippen molar-refractivity contribution >= 4 is 12.2 Å². The van der Waals surface area contributed by atoms with E-state index in [0.29, 0.717) is 5.69 Å². The van der Waals surface area contributed by atoms with Gasteiger partial charge in [0.25, 0.3) is 0 Å². The second-order valence-electron chi connectivity index (χ2n) is 2.39. The predicted octanol–water partition coefficient (Wildman–Crippen LogP) is -0.135. The number of aliphatic hydroxyl groups excluding tert-OH is 1. The monoisotopic (exact) mass is 152 g/mol. The Bertz CT molecular complexity index is 304. The number of imidazole rings is 1. The molecule has 1 aliphatic heterocycles. The molecule has 0 fully saturated rings. The van der Waals surface area contributed by atoms with Gasteiger partial charge in [0.05, 0.1) is 12.7 Å². The van der Waals surface area contributed by atoms with E-state index >= 15 is 0 Å². The Labute approximate surface area is 63.4 Å². The van der Waals surface area contributed by atoms with Gasteiger partial charge in [-0.3, -0.25) is 0 Å². The van der Waals surface area contributed by atoms with Crippen molar-refractivity contribution in [1.82, 2.24) is 9.55 Å². The quantitative estimate of drug-likeness (QED) is 0.544. The lowest BCUT2D eigenvalue weighted by Crippen LogP contribution is -2.11. The summed E-state index contributed by atoms with van der Waals surface area (Å²) in [7, 11) is 1.85. The third kappa shape index (κ3) is 0.813. The summed E-state index contributed by atoms with van der Waals surface area (Å²) in [5.41, 5.74) is 0.579. The number of aliphatic hydroxyl groups is 1. The SMILES string of the molecule is Cn1cnc2c1NC=N[C@H]2O. The third-order valence-corrected chi connectivity index (χ3v) is 1.63. The highest BCUT2D eigenvalue weighted by molar-refractivity contribution is 5.77. The van der Waals surface area contributed by atoms with Crippen molar-refractivity contribution in [2.45, 2.75) is 6.23 Å². The van der Waals surface area contributed by atoms with Gasteiger partial charge in [-0.15, -0.1) is 0 Å². The zero-order chi connectivity index (χ0) is 7.84. The van der Waals surface area contributed by atoms with Crippen LogP contribution in [-0.4, -0.2) is 21.0 Å². The Balaban J connectivity index is 2.52. The van der Waals surface area contributed by atoms with Crippen LogP contribution in [0.2, 0.25) is 0 Å². The molecule has 1 aromatic rings. The van der Waals surface area contributed by atoms with Crippen molar-refractivity contribution in [3.05, 3.63) is 12.0 Å². The second-order valence-corrected chi connectivity index (χ2v) is 2.39. The summed E-state index contributed by atoms with van der Waals surface area (Å²) < 4.78 is 1.80. The topological polar surface area (TPSA) is 62.4 Å². The number of hydrogen-bond acceptors (Lipinski definition) is 4. The highest BCUT2D eigenvalue weighted by Gasteiger charge is 2.18. The summed E-state index contributed by atoms with van der Waals surface area (Å²) in [5.74, 6) is 0.799. The van der Waals surface area contributed by atoms with E-state index in [1.54, 1.807) is 10.9 Å². The molecule has 0 amide bonds. The molecular weight excluding hydrogens is 144 g/mol. The fourth-order valence-electron chi connectivity index (χ4n) is 1.05. The minimum absolute atomic E-state index is 0.579. The van der Waals surface area contributed by atoms with Crippen LogP contribution in [0, 0.1) is 0 Å². The van der Waals surface area contributed by atoms with Gasteiger partial charge in [-0.1, -0.05) is 0 Å². The molecule has 0 unspecified atom stereocenters. The number of aliphatic imine (C=N–C) groups is 1. The van der Waals surface area contributed by atoms with Gasteiger partial charge in [0.2, 0.25) is 0 Å². The largest absolute Gasteiger partial charge is 0.366 e. The highest BCUT2D eigenvalue weighted by atomic mass is 16.3. The van der Waals surface area contributed by atoms with E-state index in [0.717, 1.165) is 5.82 Å². The Hall–Kier alpha value is -1.36. The molecular formula is C6H8N4O. The van der Waals surface area contributed by atoms with Gasteiger partial charge >= 0.3 is 0 Å². The molecule has 2 N–H and O–H groups in total. The first-order valence-electron chi connectivity index (χ1n) is 3.26. The van der Waals surface area contributed by atoms with Crippen LogP contribution in [0.3, 0.4) is 0 Å². The number of fused-ring (bicyclic) bond motifs is 1. The maximum absolute atomic E-state index is 9.26. The van der Waals surface area contributed by atoms with Crippen LogP contribution >= 0.6 is 0 Å². The zero-order valence-electron chi connectivity index (χ0n) is 6.02. The van der Waals surface area contributed by atoms with E-state index in [9.17, 15) is 5.11 Å². The van der Waals surface area contributed by atoms with E-state index in [1.807, 2.05) is 7.05 Å². The summed E-state index contributed by atoms with van der Waals surface area (Å²) in [4.78, 5) is 7.70. The molecule has 1 aromatic heterocycles. The van der Waals surface area contributed by atoms with Crippen LogP contribution in [0.4, 0.5) is 5.82 Å². The normalized spacial score (nSPS) is 21.1. The maximum atomic E-state index is 9.26. The maximum Gasteiger partial charge on any atom is 0.193 e. The standard InChI is InChI=1S/C6H8N4O/c1-10-3-9-4-5(10)7-2-8-6(4)11/h2-3,6,11H,1H3,(H,7,8)/t6-/m0/s1. The van der Waals surface area contributed by atoms with Gasteiger partial charge in [-0.2, -0.15) is 0 Å². The van der Waals surface area contributed by atoms with E-state index in [2.05, 4.69) is 15.3 Å². The Morgan fingerprint density at radius 3 is 3.27 bits per heavy atom. The lowest BCUT2D eigenvalue weighted by Gasteiger charge is -2.11. The van der Waals surface area contributed by atoms with Crippen molar-refractivity contribution in [2.75, 3.05) is 5.32 Å². The summed E-state index contributed by atoms with van der Waals surface area (Å²) in [6.45, 7) is 0. The molecule has 0 aliphatic carbocycles. The summed E-state index contributed by atoms with van der Waals surface area (Å²) >= 11 is 0. The third-order valence-electron chi connectivity index (χ3n) is 1.63. The van der Waals surface area contributed by atoms with Crippen molar-refractivity contribution in [3.8, 4) is 0 Å². The summed E-state index contributed by atoms with van der Waals surface area (Å²) in [6, 6.07) is 0. The number of nitrogens with zero attached hydrogens (tertiary/aromatic N) is 3.